The molecule has 1 aliphatic rings. The molecule has 0 amide bonds. The average Bonchev–Trinajstić information content (AvgIpc) is 2.47. The highest BCUT2D eigenvalue weighted by atomic mass is 35.5. The van der Waals surface area contributed by atoms with Crippen molar-refractivity contribution < 1.29 is 4.74 Å². The molecule has 0 radical (unpaired) electrons. The van der Waals surface area contributed by atoms with Crippen LogP contribution in [0.15, 0.2) is 30.5 Å². The number of nitrogens with one attached hydrogen (secondary N) is 1. The maximum Gasteiger partial charge on any atom is 0.0934 e. The molecule has 2 aromatic rings. The highest BCUT2D eigenvalue weighted by Gasteiger charge is 2.22. The molecule has 3 rings (SSSR count). The zero-order valence-electron chi connectivity index (χ0n) is 11.6. The van der Waals surface area contributed by atoms with Gasteiger partial charge in [0.1, 0.15) is 0 Å². The minimum atomic E-state index is 0.361. The molecule has 0 bridgehead atoms. The van der Waals surface area contributed by atoms with Gasteiger partial charge in [-0.15, -0.1) is 0 Å². The van der Waals surface area contributed by atoms with E-state index >= 15 is 0 Å². The van der Waals surface area contributed by atoms with Crippen LogP contribution in [0.25, 0.3) is 10.9 Å². The van der Waals surface area contributed by atoms with E-state index in [1.165, 1.54) is 12.8 Å². The van der Waals surface area contributed by atoms with Gasteiger partial charge in [-0.2, -0.15) is 0 Å². The number of ether oxygens (including phenoxy) is 1. The summed E-state index contributed by atoms with van der Waals surface area (Å²) in [5.74, 6) is 0. The standard InChI is InChI=1S/C16H19ClN2O/c1-20-14-6-2-5-13(10-14)19-15-9-12(17)8-11-4-3-7-18-16(11)15/h3-4,7-9,13-14,19H,2,5-6,10H2,1H3. The molecule has 20 heavy (non-hydrogen) atoms. The largest absolute Gasteiger partial charge is 0.381 e. The third-order valence-corrected chi connectivity index (χ3v) is 4.21. The predicted molar refractivity (Wildman–Crippen MR) is 83.4 cm³/mol. The minimum Gasteiger partial charge on any atom is -0.381 e. The van der Waals surface area contributed by atoms with E-state index in [4.69, 9.17) is 16.3 Å². The fourth-order valence-electron chi connectivity index (χ4n) is 2.98. The number of pyridine rings is 1. The second-order valence-corrected chi connectivity index (χ2v) is 5.83. The molecule has 0 saturated heterocycles. The molecule has 2 atom stereocenters. The Hall–Kier alpha value is -1.32. The third-order valence-electron chi connectivity index (χ3n) is 3.99. The van der Waals surface area contributed by atoms with Gasteiger partial charge in [0.2, 0.25) is 0 Å². The van der Waals surface area contributed by atoms with Crippen molar-refractivity contribution in [3.63, 3.8) is 0 Å². The Balaban J connectivity index is 1.86. The summed E-state index contributed by atoms with van der Waals surface area (Å²) < 4.78 is 5.49. The van der Waals surface area contributed by atoms with Crippen LogP contribution in [0.1, 0.15) is 25.7 Å². The highest BCUT2D eigenvalue weighted by Crippen LogP contribution is 2.30. The first-order valence-electron chi connectivity index (χ1n) is 7.10. The lowest BCUT2D eigenvalue weighted by Gasteiger charge is -2.29. The lowest BCUT2D eigenvalue weighted by atomic mass is 9.92. The fourth-order valence-corrected chi connectivity index (χ4v) is 3.20. The van der Waals surface area contributed by atoms with Crippen molar-refractivity contribution in [3.8, 4) is 0 Å². The molecule has 106 valence electrons. The smallest absolute Gasteiger partial charge is 0.0934 e. The Morgan fingerprint density at radius 3 is 3.10 bits per heavy atom. The zero-order valence-corrected chi connectivity index (χ0v) is 12.4. The molecule has 1 aromatic carbocycles. The summed E-state index contributed by atoms with van der Waals surface area (Å²) in [6.07, 6.45) is 6.74. The summed E-state index contributed by atoms with van der Waals surface area (Å²) in [5, 5.41) is 5.42. The first-order chi connectivity index (χ1) is 9.76. The topological polar surface area (TPSA) is 34.1 Å². The first kappa shape index (κ1) is 13.7. The van der Waals surface area contributed by atoms with E-state index in [0.717, 1.165) is 34.5 Å². The number of halogens is 1. The number of fused-ring (bicyclic) bond motifs is 1. The third kappa shape index (κ3) is 2.89. The second kappa shape index (κ2) is 5.98. The van der Waals surface area contributed by atoms with Gasteiger partial charge >= 0.3 is 0 Å². The van der Waals surface area contributed by atoms with Gasteiger partial charge in [-0.1, -0.05) is 17.7 Å². The van der Waals surface area contributed by atoms with Crippen LogP contribution in [0.3, 0.4) is 0 Å². The molecule has 3 nitrogen and oxygen atoms in total. The van der Waals surface area contributed by atoms with Crippen LogP contribution < -0.4 is 5.32 Å². The van der Waals surface area contributed by atoms with E-state index < -0.39 is 0 Å². The Labute approximate surface area is 124 Å². The Kier molecular flexibility index (Phi) is 4.08. The lowest BCUT2D eigenvalue weighted by Crippen LogP contribution is -2.31. The quantitative estimate of drug-likeness (QED) is 0.917. The highest BCUT2D eigenvalue weighted by molar-refractivity contribution is 6.31. The van der Waals surface area contributed by atoms with Crippen LogP contribution >= 0.6 is 11.6 Å². The van der Waals surface area contributed by atoms with Gasteiger partial charge in [0.05, 0.1) is 17.3 Å². The summed E-state index contributed by atoms with van der Waals surface area (Å²) in [7, 11) is 1.80. The van der Waals surface area contributed by atoms with Gasteiger partial charge in [0.15, 0.2) is 0 Å². The van der Waals surface area contributed by atoms with Crippen LogP contribution in [0.2, 0.25) is 5.02 Å². The SMILES string of the molecule is COC1CCCC(Nc2cc(Cl)cc3cccnc23)C1. The van der Waals surface area contributed by atoms with E-state index in [2.05, 4.69) is 10.3 Å². The van der Waals surface area contributed by atoms with Crippen molar-refractivity contribution in [1.29, 1.82) is 0 Å². The molecular formula is C16H19ClN2O. The van der Waals surface area contributed by atoms with Crippen LogP contribution in [0.4, 0.5) is 5.69 Å². The van der Waals surface area contributed by atoms with Crippen LogP contribution in [0, 0.1) is 0 Å². The summed E-state index contributed by atoms with van der Waals surface area (Å²) in [4.78, 5) is 4.47. The fraction of sp³-hybridized carbons (Fsp3) is 0.438. The van der Waals surface area contributed by atoms with Crippen molar-refractivity contribution in [2.45, 2.75) is 37.8 Å². The van der Waals surface area contributed by atoms with Gasteiger partial charge < -0.3 is 10.1 Å². The van der Waals surface area contributed by atoms with Gasteiger partial charge in [-0.3, -0.25) is 4.98 Å². The lowest BCUT2D eigenvalue weighted by molar-refractivity contribution is 0.0669. The first-order valence-corrected chi connectivity index (χ1v) is 7.47. The summed E-state index contributed by atoms with van der Waals surface area (Å²) >= 11 is 6.20. The van der Waals surface area contributed by atoms with Gasteiger partial charge in [0.25, 0.3) is 0 Å². The van der Waals surface area contributed by atoms with Crippen LogP contribution in [-0.4, -0.2) is 24.2 Å². The predicted octanol–water partition coefficient (Wildman–Crippen LogP) is 4.26. The average molecular weight is 291 g/mol. The zero-order chi connectivity index (χ0) is 13.9. The maximum atomic E-state index is 6.20. The maximum absolute atomic E-state index is 6.20. The molecule has 1 heterocycles. The van der Waals surface area contributed by atoms with Crippen molar-refractivity contribution in [3.05, 3.63) is 35.5 Å². The molecule has 0 spiro atoms. The number of hydrogen-bond donors (Lipinski definition) is 1. The monoisotopic (exact) mass is 290 g/mol. The number of anilines is 1. The Bertz CT molecular complexity index is 602. The van der Waals surface area contributed by atoms with Gasteiger partial charge in [0, 0.05) is 29.8 Å². The van der Waals surface area contributed by atoms with E-state index in [9.17, 15) is 0 Å². The number of nitrogens with zero attached hydrogens (tertiary/aromatic N) is 1. The van der Waals surface area contributed by atoms with Crippen molar-refractivity contribution >= 4 is 28.2 Å². The summed E-state index contributed by atoms with van der Waals surface area (Å²) in [5.41, 5.74) is 2.01. The van der Waals surface area contributed by atoms with Crippen LogP contribution in [-0.2, 0) is 4.74 Å². The van der Waals surface area contributed by atoms with E-state index in [1.807, 2.05) is 30.5 Å². The molecule has 1 N–H and O–H groups in total. The summed E-state index contributed by atoms with van der Waals surface area (Å²) in [6, 6.07) is 8.32. The van der Waals surface area contributed by atoms with Crippen molar-refractivity contribution in [1.82, 2.24) is 4.98 Å². The molecule has 1 fully saturated rings. The number of hydrogen-bond acceptors (Lipinski definition) is 3. The summed E-state index contributed by atoms with van der Waals surface area (Å²) in [6.45, 7) is 0. The van der Waals surface area contributed by atoms with E-state index in [1.54, 1.807) is 7.11 Å². The van der Waals surface area contributed by atoms with E-state index in [0.29, 0.717) is 12.1 Å². The molecule has 0 aliphatic heterocycles. The number of aromatic nitrogens is 1. The molecule has 2 unspecified atom stereocenters. The van der Waals surface area contributed by atoms with Gasteiger partial charge in [-0.05, 0) is 43.9 Å². The van der Waals surface area contributed by atoms with Crippen molar-refractivity contribution in [2.24, 2.45) is 0 Å². The number of benzene rings is 1. The molecule has 1 aromatic heterocycles. The molecule has 4 heteroatoms. The van der Waals surface area contributed by atoms with Crippen LogP contribution in [0.5, 0.6) is 0 Å². The molecule has 1 aliphatic carbocycles. The Morgan fingerprint density at radius 1 is 1.35 bits per heavy atom. The molecule has 1 saturated carbocycles. The molecular weight excluding hydrogens is 272 g/mol. The van der Waals surface area contributed by atoms with E-state index in [-0.39, 0.29) is 0 Å². The van der Waals surface area contributed by atoms with Gasteiger partial charge in [-0.25, -0.2) is 0 Å². The Morgan fingerprint density at radius 2 is 2.25 bits per heavy atom. The number of methoxy groups -OCH3 is 1. The normalized spacial score (nSPS) is 22.9. The van der Waals surface area contributed by atoms with Crippen molar-refractivity contribution in [2.75, 3.05) is 12.4 Å². The number of rotatable bonds is 3. The second-order valence-electron chi connectivity index (χ2n) is 5.39. The minimum absolute atomic E-state index is 0.361.